The SMILES string of the molecule is Cc1nn2ccccc2c1-c1nc(N(C)c2ccc(Cl)cc2)c(-c2ncn[nH]2)s1. The van der Waals surface area contributed by atoms with Gasteiger partial charge in [-0.2, -0.15) is 10.2 Å². The van der Waals surface area contributed by atoms with E-state index in [9.17, 15) is 0 Å². The molecule has 29 heavy (non-hydrogen) atoms. The van der Waals surface area contributed by atoms with Crippen molar-refractivity contribution in [1.82, 2.24) is 29.8 Å². The Bertz CT molecular complexity index is 1290. The average Bonchev–Trinajstić information content (AvgIpc) is 3.45. The first-order chi connectivity index (χ1) is 14.1. The lowest BCUT2D eigenvalue weighted by Gasteiger charge is -2.17. The lowest BCUT2D eigenvalue weighted by molar-refractivity contribution is 0.934. The molecule has 0 atom stereocenters. The molecule has 0 aliphatic carbocycles. The molecule has 0 aliphatic heterocycles. The van der Waals surface area contributed by atoms with E-state index in [1.54, 1.807) is 11.3 Å². The molecule has 0 unspecified atom stereocenters. The quantitative estimate of drug-likeness (QED) is 0.443. The Morgan fingerprint density at radius 2 is 1.97 bits per heavy atom. The lowest BCUT2D eigenvalue weighted by atomic mass is 10.2. The molecule has 144 valence electrons. The van der Waals surface area contributed by atoms with Crippen molar-refractivity contribution in [3.05, 3.63) is 65.7 Å². The molecule has 5 rings (SSSR count). The third kappa shape index (κ3) is 3.06. The minimum absolute atomic E-state index is 0.679. The summed E-state index contributed by atoms with van der Waals surface area (Å²) in [5, 5.41) is 13.2. The summed E-state index contributed by atoms with van der Waals surface area (Å²) in [6, 6.07) is 13.7. The number of pyridine rings is 1. The number of thiazole rings is 1. The molecule has 1 aromatic carbocycles. The zero-order valence-electron chi connectivity index (χ0n) is 15.7. The lowest BCUT2D eigenvalue weighted by Crippen LogP contribution is -2.10. The van der Waals surface area contributed by atoms with Gasteiger partial charge in [0.1, 0.15) is 16.2 Å². The van der Waals surface area contributed by atoms with Gasteiger partial charge in [0.05, 0.1) is 16.8 Å². The summed E-state index contributed by atoms with van der Waals surface area (Å²) in [4.78, 5) is 12.3. The van der Waals surface area contributed by atoms with E-state index in [1.807, 2.05) is 72.0 Å². The zero-order chi connectivity index (χ0) is 20.0. The molecule has 4 aromatic heterocycles. The monoisotopic (exact) mass is 421 g/mol. The third-order valence-electron chi connectivity index (χ3n) is 4.70. The van der Waals surface area contributed by atoms with Gasteiger partial charge in [0.15, 0.2) is 11.6 Å². The van der Waals surface area contributed by atoms with E-state index in [-0.39, 0.29) is 0 Å². The molecule has 0 saturated carbocycles. The number of hydrogen-bond acceptors (Lipinski definition) is 6. The van der Waals surface area contributed by atoms with Crippen LogP contribution in [0.3, 0.4) is 0 Å². The highest BCUT2D eigenvalue weighted by Crippen LogP contribution is 2.42. The van der Waals surface area contributed by atoms with Crippen molar-refractivity contribution >= 4 is 40.0 Å². The minimum Gasteiger partial charge on any atom is -0.328 e. The van der Waals surface area contributed by atoms with Crippen LogP contribution in [-0.4, -0.2) is 36.8 Å². The molecule has 1 N–H and O–H groups in total. The normalized spacial score (nSPS) is 11.3. The van der Waals surface area contributed by atoms with Crippen molar-refractivity contribution < 1.29 is 0 Å². The van der Waals surface area contributed by atoms with Crippen molar-refractivity contribution in [1.29, 1.82) is 0 Å². The first kappa shape index (κ1) is 17.8. The largest absolute Gasteiger partial charge is 0.328 e. The van der Waals surface area contributed by atoms with Gasteiger partial charge in [0.2, 0.25) is 0 Å². The first-order valence-corrected chi connectivity index (χ1v) is 10.1. The molecule has 7 nitrogen and oxygen atoms in total. The predicted octanol–water partition coefficient (Wildman–Crippen LogP) is 4.97. The third-order valence-corrected chi connectivity index (χ3v) is 6.02. The minimum atomic E-state index is 0.679. The standard InChI is InChI=1S/C20H16ClN7S/c1-12-16(15-5-3-4-10-28(15)26-12)20-24-19(17(29-20)18-22-11-23-25-18)27(2)14-8-6-13(21)7-9-14/h3-11H,1-2H3,(H,22,23,25). The number of nitrogens with zero attached hydrogens (tertiary/aromatic N) is 6. The molecular formula is C20H16ClN7S. The number of aromatic amines is 1. The number of fused-ring (bicyclic) bond motifs is 1. The molecule has 0 radical (unpaired) electrons. The van der Waals surface area contributed by atoms with E-state index in [1.165, 1.54) is 6.33 Å². The van der Waals surface area contributed by atoms with Crippen molar-refractivity contribution in [3.63, 3.8) is 0 Å². The summed E-state index contributed by atoms with van der Waals surface area (Å²) in [7, 11) is 1.98. The highest BCUT2D eigenvalue weighted by Gasteiger charge is 2.23. The van der Waals surface area contributed by atoms with Crippen LogP contribution in [0.25, 0.3) is 26.8 Å². The summed E-state index contributed by atoms with van der Waals surface area (Å²) < 4.78 is 1.88. The maximum atomic E-state index is 6.05. The van der Waals surface area contributed by atoms with Gasteiger partial charge in [-0.15, -0.1) is 11.3 Å². The van der Waals surface area contributed by atoms with E-state index in [4.69, 9.17) is 16.6 Å². The van der Waals surface area contributed by atoms with Gasteiger partial charge in [0.25, 0.3) is 0 Å². The molecule has 0 saturated heterocycles. The number of nitrogens with one attached hydrogen (secondary N) is 1. The first-order valence-electron chi connectivity index (χ1n) is 8.92. The van der Waals surface area contributed by atoms with E-state index < -0.39 is 0 Å². The van der Waals surface area contributed by atoms with Crippen LogP contribution in [0, 0.1) is 6.92 Å². The van der Waals surface area contributed by atoms with Crippen molar-refractivity contribution in [2.24, 2.45) is 0 Å². The maximum absolute atomic E-state index is 6.05. The molecule has 0 fully saturated rings. The van der Waals surface area contributed by atoms with Crippen LogP contribution >= 0.6 is 22.9 Å². The van der Waals surface area contributed by atoms with Gasteiger partial charge >= 0.3 is 0 Å². The molecule has 4 heterocycles. The number of hydrogen-bond donors (Lipinski definition) is 1. The Morgan fingerprint density at radius 3 is 2.72 bits per heavy atom. The number of anilines is 2. The van der Waals surface area contributed by atoms with Gasteiger partial charge in [-0.1, -0.05) is 17.7 Å². The summed E-state index contributed by atoms with van der Waals surface area (Å²) in [5.74, 6) is 1.47. The van der Waals surface area contributed by atoms with Crippen LogP contribution in [0.15, 0.2) is 55.0 Å². The Labute approximate surface area is 175 Å². The summed E-state index contributed by atoms with van der Waals surface area (Å²) in [6.07, 6.45) is 3.44. The van der Waals surface area contributed by atoms with Crippen molar-refractivity contribution in [2.75, 3.05) is 11.9 Å². The molecule has 0 spiro atoms. The number of aromatic nitrogens is 6. The van der Waals surface area contributed by atoms with Crippen LogP contribution in [0.5, 0.6) is 0 Å². The maximum Gasteiger partial charge on any atom is 0.169 e. The van der Waals surface area contributed by atoms with Crippen LogP contribution in [0.2, 0.25) is 5.02 Å². The summed E-state index contributed by atoms with van der Waals surface area (Å²) in [5.41, 5.74) is 3.94. The van der Waals surface area contributed by atoms with E-state index in [0.29, 0.717) is 10.8 Å². The van der Waals surface area contributed by atoms with Gasteiger partial charge in [-0.25, -0.2) is 14.5 Å². The number of aryl methyl sites for hydroxylation is 1. The van der Waals surface area contributed by atoms with Crippen LogP contribution in [0.4, 0.5) is 11.5 Å². The Hall–Kier alpha value is -3.23. The van der Waals surface area contributed by atoms with Crippen LogP contribution in [-0.2, 0) is 0 Å². The fraction of sp³-hybridized carbons (Fsp3) is 0.100. The van der Waals surface area contributed by atoms with Crippen LogP contribution < -0.4 is 4.90 Å². The topological polar surface area (TPSA) is 75.0 Å². The fourth-order valence-corrected chi connectivity index (χ4v) is 4.56. The summed E-state index contributed by atoms with van der Waals surface area (Å²) in [6.45, 7) is 2.00. The number of rotatable bonds is 4. The Kier molecular flexibility index (Phi) is 4.30. The number of halogens is 1. The summed E-state index contributed by atoms with van der Waals surface area (Å²) >= 11 is 7.62. The molecule has 5 aromatic rings. The van der Waals surface area contributed by atoms with Gasteiger partial charge in [-0.3, -0.25) is 5.10 Å². The molecule has 9 heteroatoms. The second kappa shape index (κ2) is 6.98. The van der Waals surface area contributed by atoms with Gasteiger partial charge in [-0.05, 0) is 43.3 Å². The van der Waals surface area contributed by atoms with Crippen LogP contribution in [0.1, 0.15) is 5.69 Å². The second-order valence-electron chi connectivity index (χ2n) is 6.53. The predicted molar refractivity (Wildman–Crippen MR) is 116 cm³/mol. The van der Waals surface area contributed by atoms with E-state index in [0.717, 1.165) is 38.2 Å². The number of benzene rings is 1. The average molecular weight is 422 g/mol. The van der Waals surface area contributed by atoms with E-state index in [2.05, 4.69) is 20.3 Å². The highest BCUT2D eigenvalue weighted by atomic mass is 35.5. The number of H-pyrrole nitrogens is 1. The van der Waals surface area contributed by atoms with Gasteiger partial charge in [0, 0.05) is 24.0 Å². The zero-order valence-corrected chi connectivity index (χ0v) is 17.2. The van der Waals surface area contributed by atoms with Crippen molar-refractivity contribution in [3.8, 4) is 21.3 Å². The molecule has 0 bridgehead atoms. The molecule has 0 amide bonds. The Morgan fingerprint density at radius 1 is 1.14 bits per heavy atom. The smallest absolute Gasteiger partial charge is 0.169 e. The molecule has 0 aliphatic rings. The second-order valence-corrected chi connectivity index (χ2v) is 7.97. The Balaban J connectivity index is 1.70. The fourth-order valence-electron chi connectivity index (χ4n) is 3.28. The van der Waals surface area contributed by atoms with Gasteiger partial charge < -0.3 is 4.90 Å². The van der Waals surface area contributed by atoms with E-state index >= 15 is 0 Å². The molecular weight excluding hydrogens is 406 g/mol. The highest BCUT2D eigenvalue weighted by molar-refractivity contribution is 7.19. The van der Waals surface area contributed by atoms with Crippen molar-refractivity contribution in [2.45, 2.75) is 6.92 Å².